The lowest BCUT2D eigenvalue weighted by Gasteiger charge is -2.11. The number of para-hydroxylation sites is 1. The van der Waals surface area contributed by atoms with Gasteiger partial charge >= 0.3 is 5.97 Å². The van der Waals surface area contributed by atoms with Gasteiger partial charge in [-0.15, -0.1) is 0 Å². The highest BCUT2D eigenvalue weighted by Gasteiger charge is 2.09. The Labute approximate surface area is 123 Å². The Bertz CT molecular complexity index is 593. The van der Waals surface area contributed by atoms with Crippen LogP contribution < -0.4 is 4.74 Å². The Kier molecular flexibility index (Phi) is 5.21. The van der Waals surface area contributed by atoms with Crippen molar-refractivity contribution in [1.82, 2.24) is 0 Å². The minimum absolute atomic E-state index is 0.0918. The molecule has 0 saturated heterocycles. The molecule has 0 radical (unpaired) electrons. The third kappa shape index (κ3) is 4.53. The van der Waals surface area contributed by atoms with Crippen LogP contribution in [0.25, 0.3) is 0 Å². The van der Waals surface area contributed by atoms with E-state index in [4.69, 9.17) is 9.84 Å². The van der Waals surface area contributed by atoms with Gasteiger partial charge in [-0.3, -0.25) is 4.79 Å². The molecule has 2 aromatic carbocycles. The second-order valence-electron chi connectivity index (χ2n) is 4.79. The number of aryl methyl sites for hydroxylation is 1. The molecule has 4 heteroatoms. The Hall–Kier alpha value is -2.49. The lowest BCUT2D eigenvalue weighted by Crippen LogP contribution is -1.98. The summed E-state index contributed by atoms with van der Waals surface area (Å²) in [6.45, 7) is 0.382. The second-order valence-corrected chi connectivity index (χ2v) is 4.79. The molecule has 2 rings (SSSR count). The molecule has 0 saturated carbocycles. The van der Waals surface area contributed by atoms with Crippen molar-refractivity contribution < 1.29 is 19.7 Å². The lowest BCUT2D eigenvalue weighted by molar-refractivity contribution is -0.137. The molecule has 0 aliphatic heterocycles. The van der Waals surface area contributed by atoms with Crippen LogP contribution in [0.2, 0.25) is 0 Å². The molecule has 110 valence electrons. The number of aromatic hydroxyl groups is 1. The monoisotopic (exact) mass is 286 g/mol. The van der Waals surface area contributed by atoms with E-state index in [9.17, 15) is 9.90 Å². The van der Waals surface area contributed by atoms with E-state index >= 15 is 0 Å². The van der Waals surface area contributed by atoms with Crippen LogP contribution >= 0.6 is 0 Å². The average molecular weight is 286 g/mol. The maximum Gasteiger partial charge on any atom is 0.303 e. The van der Waals surface area contributed by atoms with E-state index in [0.717, 1.165) is 5.56 Å². The van der Waals surface area contributed by atoms with Crippen molar-refractivity contribution in [3.8, 4) is 11.5 Å². The number of carboxylic acids is 1. The first-order chi connectivity index (χ1) is 10.2. The van der Waals surface area contributed by atoms with Crippen molar-refractivity contribution in [1.29, 1.82) is 0 Å². The topological polar surface area (TPSA) is 66.8 Å². The fourth-order valence-electron chi connectivity index (χ4n) is 2.05. The maximum absolute atomic E-state index is 10.5. The van der Waals surface area contributed by atoms with Crippen molar-refractivity contribution >= 4 is 5.97 Å². The van der Waals surface area contributed by atoms with Gasteiger partial charge in [-0.2, -0.15) is 0 Å². The molecule has 0 aliphatic carbocycles. The average Bonchev–Trinajstić information content (AvgIpc) is 2.48. The smallest absolute Gasteiger partial charge is 0.303 e. The highest BCUT2D eigenvalue weighted by atomic mass is 16.5. The third-order valence-corrected chi connectivity index (χ3v) is 3.16. The number of ether oxygens (including phenoxy) is 1. The number of hydrogen-bond donors (Lipinski definition) is 2. The summed E-state index contributed by atoms with van der Waals surface area (Å²) in [7, 11) is 0. The number of phenols is 1. The highest BCUT2D eigenvalue weighted by Crippen LogP contribution is 2.31. The Morgan fingerprint density at radius 3 is 2.52 bits per heavy atom. The summed E-state index contributed by atoms with van der Waals surface area (Å²) in [6, 6.07) is 15.0. The molecule has 21 heavy (non-hydrogen) atoms. The van der Waals surface area contributed by atoms with Crippen molar-refractivity contribution in [3.05, 3.63) is 59.7 Å². The van der Waals surface area contributed by atoms with Gasteiger partial charge in [0.15, 0.2) is 11.5 Å². The van der Waals surface area contributed by atoms with E-state index in [0.29, 0.717) is 30.8 Å². The zero-order valence-corrected chi connectivity index (χ0v) is 11.7. The predicted molar refractivity (Wildman–Crippen MR) is 79.5 cm³/mol. The van der Waals surface area contributed by atoms with Crippen LogP contribution in [0.1, 0.15) is 24.0 Å². The molecule has 0 bridgehead atoms. The molecule has 4 nitrogen and oxygen atoms in total. The van der Waals surface area contributed by atoms with Gasteiger partial charge < -0.3 is 14.9 Å². The van der Waals surface area contributed by atoms with E-state index in [1.54, 1.807) is 18.2 Å². The van der Waals surface area contributed by atoms with Crippen molar-refractivity contribution in [3.63, 3.8) is 0 Å². The van der Waals surface area contributed by atoms with Crippen molar-refractivity contribution in [2.45, 2.75) is 25.9 Å². The molecule has 0 atom stereocenters. The zero-order chi connectivity index (χ0) is 15.1. The molecule has 0 heterocycles. The Balaban J connectivity index is 1.98. The predicted octanol–water partition coefficient (Wildman–Crippen LogP) is 3.38. The molecule has 0 unspecified atom stereocenters. The SMILES string of the molecule is O=C(O)CCCc1cccc(OCc2ccccc2)c1O. The summed E-state index contributed by atoms with van der Waals surface area (Å²) < 4.78 is 5.62. The number of rotatable bonds is 7. The molecular formula is C17H18O4. The first-order valence-electron chi connectivity index (χ1n) is 6.86. The summed E-state index contributed by atoms with van der Waals surface area (Å²) in [6.07, 6.45) is 1.10. The molecular weight excluding hydrogens is 268 g/mol. The van der Waals surface area contributed by atoms with Gasteiger partial charge in [0.05, 0.1) is 0 Å². The quantitative estimate of drug-likeness (QED) is 0.819. The molecule has 0 spiro atoms. The van der Waals surface area contributed by atoms with Crippen molar-refractivity contribution in [2.75, 3.05) is 0 Å². The summed E-state index contributed by atoms with van der Waals surface area (Å²) in [5.41, 5.74) is 1.73. The minimum Gasteiger partial charge on any atom is -0.504 e. The van der Waals surface area contributed by atoms with Crippen LogP contribution in [0, 0.1) is 0 Å². The standard InChI is InChI=1S/C17H18O4/c18-16(19)11-5-9-14-8-4-10-15(17(14)20)21-12-13-6-2-1-3-7-13/h1-4,6-8,10,20H,5,9,11-12H2,(H,18,19). The van der Waals surface area contributed by atoms with Crippen molar-refractivity contribution in [2.24, 2.45) is 0 Å². The van der Waals surface area contributed by atoms with Gasteiger partial charge in [-0.25, -0.2) is 0 Å². The van der Waals surface area contributed by atoms with E-state index in [2.05, 4.69) is 0 Å². The number of carbonyl (C=O) groups is 1. The van der Waals surface area contributed by atoms with E-state index in [-0.39, 0.29) is 12.2 Å². The molecule has 0 aromatic heterocycles. The number of aliphatic carboxylic acids is 1. The first kappa shape index (κ1) is 14.9. The van der Waals surface area contributed by atoms with Crippen LogP contribution in [0.15, 0.2) is 48.5 Å². The van der Waals surface area contributed by atoms with Crippen LogP contribution in [0.4, 0.5) is 0 Å². The largest absolute Gasteiger partial charge is 0.504 e. The van der Waals surface area contributed by atoms with Crippen LogP contribution in [0.3, 0.4) is 0 Å². The molecule has 0 amide bonds. The second kappa shape index (κ2) is 7.33. The fourth-order valence-corrected chi connectivity index (χ4v) is 2.05. The van der Waals surface area contributed by atoms with Gasteiger partial charge in [0.25, 0.3) is 0 Å². The fraction of sp³-hybridized carbons (Fsp3) is 0.235. The van der Waals surface area contributed by atoms with E-state index < -0.39 is 5.97 Å². The number of hydrogen-bond acceptors (Lipinski definition) is 3. The van der Waals surface area contributed by atoms with Crippen LogP contribution in [0.5, 0.6) is 11.5 Å². The number of carboxylic acid groups (broad SMARTS) is 1. The highest BCUT2D eigenvalue weighted by molar-refractivity contribution is 5.66. The lowest BCUT2D eigenvalue weighted by atomic mass is 10.1. The maximum atomic E-state index is 10.5. The molecule has 0 fully saturated rings. The van der Waals surface area contributed by atoms with E-state index in [1.165, 1.54) is 0 Å². The van der Waals surface area contributed by atoms with Gasteiger partial charge in [0.2, 0.25) is 0 Å². The number of benzene rings is 2. The van der Waals surface area contributed by atoms with Crippen LogP contribution in [-0.4, -0.2) is 16.2 Å². The normalized spacial score (nSPS) is 10.3. The van der Waals surface area contributed by atoms with E-state index in [1.807, 2.05) is 30.3 Å². The van der Waals surface area contributed by atoms with Gasteiger partial charge in [-0.05, 0) is 30.0 Å². The minimum atomic E-state index is -0.828. The van der Waals surface area contributed by atoms with Gasteiger partial charge in [0.1, 0.15) is 6.61 Å². The Morgan fingerprint density at radius 2 is 1.81 bits per heavy atom. The number of phenolic OH excluding ortho intramolecular Hbond substituents is 1. The van der Waals surface area contributed by atoms with Gasteiger partial charge in [-0.1, -0.05) is 42.5 Å². The Morgan fingerprint density at radius 1 is 1.05 bits per heavy atom. The summed E-state index contributed by atoms with van der Waals surface area (Å²) >= 11 is 0. The third-order valence-electron chi connectivity index (χ3n) is 3.16. The van der Waals surface area contributed by atoms with Crippen LogP contribution in [-0.2, 0) is 17.8 Å². The summed E-state index contributed by atoms with van der Waals surface area (Å²) in [4.78, 5) is 10.5. The molecule has 2 aromatic rings. The summed E-state index contributed by atoms with van der Waals surface area (Å²) in [5.74, 6) is -0.309. The first-order valence-corrected chi connectivity index (χ1v) is 6.86. The van der Waals surface area contributed by atoms with Gasteiger partial charge in [0, 0.05) is 6.42 Å². The zero-order valence-electron chi connectivity index (χ0n) is 11.7. The summed E-state index contributed by atoms with van der Waals surface area (Å²) in [5, 5.41) is 18.8. The molecule has 0 aliphatic rings. The molecule has 2 N–H and O–H groups in total.